The van der Waals surface area contributed by atoms with Gasteiger partial charge >= 0.3 is 17.9 Å². The average Bonchev–Trinajstić information content (AvgIpc) is 2.80. The molecule has 1 aromatic rings. The summed E-state index contributed by atoms with van der Waals surface area (Å²) in [5.74, 6) is -3.21. The maximum atomic E-state index is 12.2. The first-order valence-corrected chi connectivity index (χ1v) is 12.7. The number of carboxylic acid groups (broad SMARTS) is 1. The molecule has 2 unspecified atom stereocenters. The van der Waals surface area contributed by atoms with Gasteiger partial charge in [-0.1, -0.05) is 16.9 Å². The van der Waals surface area contributed by atoms with Gasteiger partial charge in [0.05, 0.1) is 18.6 Å². The van der Waals surface area contributed by atoms with Crippen molar-refractivity contribution in [1.82, 2.24) is 4.98 Å². The summed E-state index contributed by atoms with van der Waals surface area (Å²) in [4.78, 5) is 51.3. The van der Waals surface area contributed by atoms with Gasteiger partial charge in [0.2, 0.25) is 0 Å². The quantitative estimate of drug-likeness (QED) is 0.171. The Morgan fingerprint density at radius 1 is 1.06 bits per heavy atom. The van der Waals surface area contributed by atoms with E-state index in [0.29, 0.717) is 5.75 Å². The monoisotopic (exact) mass is 502 g/mol. The molecule has 0 saturated carbocycles. The number of nitrogens with zero attached hydrogens (tertiary/aromatic N) is 1. The summed E-state index contributed by atoms with van der Waals surface area (Å²) in [6.45, 7) is 0.561. The smallest absolute Gasteiger partial charge is 0.306 e. The molecule has 12 heteroatoms. The molecule has 1 aromatic heterocycles. The summed E-state index contributed by atoms with van der Waals surface area (Å²) in [7, 11) is 4.43. The number of esters is 2. The van der Waals surface area contributed by atoms with Gasteiger partial charge in [0.25, 0.3) is 0 Å². The molecular formula is C21H30N2O8S2. The van der Waals surface area contributed by atoms with Crippen molar-refractivity contribution in [3.8, 4) is 0 Å². The lowest BCUT2D eigenvalue weighted by atomic mass is 9.93. The Hall–Kier alpha value is -2.15. The summed E-state index contributed by atoms with van der Waals surface area (Å²) in [6, 6.07) is 4.59. The van der Waals surface area contributed by atoms with Gasteiger partial charge in [0.15, 0.2) is 0 Å². The Morgan fingerprint density at radius 3 is 2.39 bits per heavy atom. The first kappa shape index (κ1) is 28.9. The van der Waals surface area contributed by atoms with E-state index in [1.165, 1.54) is 28.7 Å². The summed E-state index contributed by atoms with van der Waals surface area (Å²) in [6.07, 6.45) is 1.20. The Morgan fingerprint density at radius 2 is 1.76 bits per heavy atom. The molecule has 0 aromatic carbocycles. The van der Waals surface area contributed by atoms with Gasteiger partial charge in [-0.2, -0.15) is 0 Å². The lowest BCUT2D eigenvalue weighted by Crippen LogP contribution is -2.34. The van der Waals surface area contributed by atoms with Crippen LogP contribution in [0.15, 0.2) is 29.4 Å². The van der Waals surface area contributed by atoms with Crippen LogP contribution >= 0.6 is 21.6 Å². The van der Waals surface area contributed by atoms with Gasteiger partial charge in [-0.3, -0.25) is 19.2 Å². The van der Waals surface area contributed by atoms with Crippen LogP contribution in [0.3, 0.4) is 0 Å². The minimum absolute atomic E-state index is 0.0402. The predicted molar refractivity (Wildman–Crippen MR) is 124 cm³/mol. The van der Waals surface area contributed by atoms with Crippen molar-refractivity contribution in [2.24, 2.45) is 11.7 Å². The van der Waals surface area contributed by atoms with Gasteiger partial charge in [-0.25, -0.2) is 4.98 Å². The number of carbonyl (C=O) groups is 4. The fourth-order valence-electron chi connectivity index (χ4n) is 2.50. The van der Waals surface area contributed by atoms with E-state index in [1.807, 2.05) is 18.2 Å². The molecule has 0 aliphatic carbocycles. The standard InChI is InChI=1S/C21H30N2O8S2/c1-29-10-11-30-20(26)8-6-16(22)17(24)14-15(21(27)28)5-7-19(25)31-12-13-32-33-18-4-2-3-9-23-18/h2-4,9,15-16H,5-8,10-14,22H2,1H3,(H,27,28). The van der Waals surface area contributed by atoms with Crippen LogP contribution in [0.25, 0.3) is 0 Å². The minimum atomic E-state index is -1.19. The number of hydrogen-bond donors (Lipinski definition) is 2. The summed E-state index contributed by atoms with van der Waals surface area (Å²) in [5.41, 5.74) is 5.79. The topological polar surface area (TPSA) is 155 Å². The van der Waals surface area contributed by atoms with Crippen LogP contribution < -0.4 is 5.73 Å². The highest BCUT2D eigenvalue weighted by Gasteiger charge is 2.26. The molecule has 0 aliphatic rings. The Kier molecular flexibility index (Phi) is 15.2. The molecule has 1 rings (SSSR count). The number of nitrogens with two attached hydrogens (primary N) is 1. The van der Waals surface area contributed by atoms with Gasteiger partial charge in [0, 0.05) is 38.3 Å². The van der Waals surface area contributed by atoms with E-state index < -0.39 is 35.7 Å². The fourth-order valence-corrected chi connectivity index (χ4v) is 4.21. The van der Waals surface area contributed by atoms with E-state index in [2.05, 4.69) is 4.98 Å². The third kappa shape index (κ3) is 13.9. The number of ketones is 1. The fraction of sp³-hybridized carbons (Fsp3) is 0.571. The number of carboxylic acids is 1. The zero-order chi connectivity index (χ0) is 24.5. The minimum Gasteiger partial charge on any atom is -0.481 e. The van der Waals surface area contributed by atoms with E-state index in [9.17, 15) is 24.3 Å². The molecule has 3 N–H and O–H groups in total. The van der Waals surface area contributed by atoms with Crippen molar-refractivity contribution < 1.29 is 38.5 Å². The number of pyridine rings is 1. The lowest BCUT2D eigenvalue weighted by Gasteiger charge is -2.15. The molecule has 0 radical (unpaired) electrons. The second-order valence-corrected chi connectivity index (χ2v) is 9.33. The normalized spacial score (nSPS) is 12.5. The van der Waals surface area contributed by atoms with Crippen LogP contribution in [0.1, 0.15) is 32.1 Å². The van der Waals surface area contributed by atoms with Crippen molar-refractivity contribution in [1.29, 1.82) is 0 Å². The highest BCUT2D eigenvalue weighted by molar-refractivity contribution is 8.76. The van der Waals surface area contributed by atoms with E-state index in [1.54, 1.807) is 6.20 Å². The van der Waals surface area contributed by atoms with Crippen LogP contribution in [0, 0.1) is 5.92 Å². The van der Waals surface area contributed by atoms with Crippen molar-refractivity contribution in [3.63, 3.8) is 0 Å². The van der Waals surface area contributed by atoms with Crippen LogP contribution in [0.5, 0.6) is 0 Å². The molecule has 0 bridgehead atoms. The van der Waals surface area contributed by atoms with E-state index in [4.69, 9.17) is 19.9 Å². The second kappa shape index (κ2) is 17.3. The molecule has 0 spiro atoms. The maximum Gasteiger partial charge on any atom is 0.306 e. The first-order valence-electron chi connectivity index (χ1n) is 10.3. The average molecular weight is 503 g/mol. The third-order valence-electron chi connectivity index (χ3n) is 4.33. The maximum absolute atomic E-state index is 12.2. The molecule has 0 aliphatic heterocycles. The largest absolute Gasteiger partial charge is 0.481 e. The molecule has 10 nitrogen and oxygen atoms in total. The molecular weight excluding hydrogens is 472 g/mol. The molecule has 0 amide bonds. The number of aromatic nitrogens is 1. The van der Waals surface area contributed by atoms with E-state index in [-0.39, 0.29) is 51.9 Å². The van der Waals surface area contributed by atoms with Gasteiger partial charge in [0.1, 0.15) is 24.0 Å². The van der Waals surface area contributed by atoms with Gasteiger partial charge in [-0.05, 0) is 35.8 Å². The van der Waals surface area contributed by atoms with E-state index >= 15 is 0 Å². The second-order valence-electron chi connectivity index (χ2n) is 6.90. The zero-order valence-electron chi connectivity index (χ0n) is 18.5. The van der Waals surface area contributed by atoms with Crippen LogP contribution in [0.2, 0.25) is 0 Å². The van der Waals surface area contributed by atoms with E-state index in [0.717, 1.165) is 5.03 Å². The number of carbonyl (C=O) groups excluding carboxylic acids is 3. The Labute approximate surface area is 200 Å². The highest BCUT2D eigenvalue weighted by atomic mass is 33.1. The number of Topliss-reactive ketones (excluding diaryl/α,β-unsaturated/α-hetero) is 1. The number of methoxy groups -OCH3 is 1. The number of rotatable bonds is 18. The van der Waals surface area contributed by atoms with Crippen molar-refractivity contribution in [2.75, 3.05) is 32.7 Å². The highest BCUT2D eigenvalue weighted by Crippen LogP contribution is 2.28. The summed E-state index contributed by atoms with van der Waals surface area (Å²) < 4.78 is 14.8. The number of aliphatic carboxylic acids is 1. The number of ether oxygens (including phenoxy) is 3. The van der Waals surface area contributed by atoms with Crippen LogP contribution in [-0.2, 0) is 33.4 Å². The summed E-state index contributed by atoms with van der Waals surface area (Å²) >= 11 is 0. The lowest BCUT2D eigenvalue weighted by molar-refractivity contribution is -0.147. The molecule has 184 valence electrons. The van der Waals surface area contributed by atoms with Crippen LogP contribution in [0.4, 0.5) is 0 Å². The Balaban J connectivity index is 2.26. The number of hydrogen-bond acceptors (Lipinski definition) is 11. The SMILES string of the molecule is COCCOC(=O)CCC(N)C(=O)CC(CCC(=O)OCCSSc1ccccn1)C(=O)O. The van der Waals surface area contributed by atoms with Crippen molar-refractivity contribution in [3.05, 3.63) is 24.4 Å². The molecule has 0 saturated heterocycles. The molecule has 1 heterocycles. The first-order chi connectivity index (χ1) is 15.8. The zero-order valence-corrected chi connectivity index (χ0v) is 20.1. The van der Waals surface area contributed by atoms with Gasteiger partial charge in [-0.15, -0.1) is 0 Å². The van der Waals surface area contributed by atoms with Crippen molar-refractivity contribution in [2.45, 2.75) is 43.2 Å². The Bertz CT molecular complexity index is 751. The van der Waals surface area contributed by atoms with Crippen molar-refractivity contribution >= 4 is 45.3 Å². The van der Waals surface area contributed by atoms with Gasteiger partial charge < -0.3 is 25.1 Å². The summed E-state index contributed by atoms with van der Waals surface area (Å²) in [5, 5.41) is 10.2. The predicted octanol–water partition coefficient (Wildman–Crippen LogP) is 2.10. The molecule has 33 heavy (non-hydrogen) atoms. The molecule has 0 fully saturated rings. The molecule has 2 atom stereocenters. The third-order valence-corrected chi connectivity index (χ3v) is 6.56. The van der Waals surface area contributed by atoms with Crippen LogP contribution in [-0.4, -0.2) is 72.5 Å².